The molecule has 2 aromatic carbocycles. The van der Waals surface area contributed by atoms with Crippen LogP contribution in [0.25, 0.3) is 0 Å². The van der Waals surface area contributed by atoms with E-state index in [1.54, 1.807) is 31.0 Å². The zero-order valence-electron chi connectivity index (χ0n) is 20.8. The fraction of sp³-hybridized carbons (Fsp3) is 0.393. The SMILES string of the molecule is COc1ccc(COC(=O)C2=C(C3OCCC3C)CS[C@@H]3[C@H](NC(=O)Cc4ccccc4)C(=O)N23)cc1. The predicted molar refractivity (Wildman–Crippen MR) is 139 cm³/mol. The summed E-state index contributed by atoms with van der Waals surface area (Å²) in [5, 5.41) is 2.50. The van der Waals surface area contributed by atoms with E-state index >= 15 is 0 Å². The summed E-state index contributed by atoms with van der Waals surface area (Å²) in [6.07, 6.45) is 0.840. The maximum absolute atomic E-state index is 13.4. The average molecular weight is 523 g/mol. The number of amides is 2. The molecule has 194 valence electrons. The normalized spacial score (nSPS) is 24.8. The molecule has 9 heteroatoms. The minimum atomic E-state index is -0.686. The highest BCUT2D eigenvalue weighted by Crippen LogP contribution is 2.44. The van der Waals surface area contributed by atoms with Crippen LogP contribution in [-0.4, -0.2) is 59.7 Å². The van der Waals surface area contributed by atoms with Gasteiger partial charge in [-0.25, -0.2) is 4.79 Å². The molecule has 3 aliphatic heterocycles. The topological polar surface area (TPSA) is 94.2 Å². The van der Waals surface area contributed by atoms with Crippen molar-refractivity contribution < 1.29 is 28.6 Å². The van der Waals surface area contributed by atoms with Gasteiger partial charge >= 0.3 is 5.97 Å². The summed E-state index contributed by atoms with van der Waals surface area (Å²) in [6.45, 7) is 2.77. The molecule has 2 saturated heterocycles. The number of rotatable bonds is 8. The molecule has 0 radical (unpaired) electrons. The predicted octanol–water partition coefficient (Wildman–Crippen LogP) is 3.06. The van der Waals surface area contributed by atoms with Gasteiger partial charge in [0, 0.05) is 12.4 Å². The molecule has 2 amide bonds. The Labute approximate surface area is 220 Å². The van der Waals surface area contributed by atoms with Crippen molar-refractivity contribution in [3.63, 3.8) is 0 Å². The number of hydrogen-bond donors (Lipinski definition) is 1. The highest BCUT2D eigenvalue weighted by Gasteiger charge is 2.55. The van der Waals surface area contributed by atoms with Gasteiger partial charge in [-0.15, -0.1) is 11.8 Å². The van der Waals surface area contributed by atoms with E-state index in [4.69, 9.17) is 14.2 Å². The fourth-order valence-electron chi connectivity index (χ4n) is 4.94. The molecule has 8 nitrogen and oxygen atoms in total. The second-order valence-electron chi connectivity index (χ2n) is 9.47. The molecule has 0 aromatic heterocycles. The summed E-state index contributed by atoms with van der Waals surface area (Å²) in [7, 11) is 1.59. The largest absolute Gasteiger partial charge is 0.497 e. The molecule has 37 heavy (non-hydrogen) atoms. The Bertz CT molecular complexity index is 1200. The van der Waals surface area contributed by atoms with E-state index in [2.05, 4.69) is 12.2 Å². The second-order valence-corrected chi connectivity index (χ2v) is 10.6. The average Bonchev–Trinajstić information content (AvgIpc) is 3.35. The van der Waals surface area contributed by atoms with Crippen molar-refractivity contribution >= 4 is 29.5 Å². The van der Waals surface area contributed by atoms with Crippen molar-refractivity contribution in [2.24, 2.45) is 5.92 Å². The second kappa shape index (κ2) is 11.0. The maximum atomic E-state index is 13.4. The highest BCUT2D eigenvalue weighted by molar-refractivity contribution is 8.00. The zero-order valence-corrected chi connectivity index (χ0v) is 21.7. The molecule has 4 atom stereocenters. The van der Waals surface area contributed by atoms with E-state index in [0.717, 1.165) is 23.1 Å². The number of hydrogen-bond acceptors (Lipinski definition) is 7. The number of fused-ring (bicyclic) bond motifs is 1. The van der Waals surface area contributed by atoms with Crippen LogP contribution in [0.5, 0.6) is 5.75 Å². The van der Waals surface area contributed by atoms with Gasteiger partial charge in [0.1, 0.15) is 29.5 Å². The molecule has 0 aliphatic carbocycles. The van der Waals surface area contributed by atoms with Gasteiger partial charge in [0.05, 0.1) is 19.6 Å². The minimum absolute atomic E-state index is 0.0672. The maximum Gasteiger partial charge on any atom is 0.355 e. The van der Waals surface area contributed by atoms with Gasteiger partial charge in [-0.3, -0.25) is 14.5 Å². The van der Waals surface area contributed by atoms with Crippen LogP contribution in [0, 0.1) is 5.92 Å². The number of nitrogens with zero attached hydrogens (tertiary/aromatic N) is 1. The summed E-state index contributed by atoms with van der Waals surface area (Å²) < 4.78 is 16.8. The third kappa shape index (κ3) is 5.24. The Balaban J connectivity index is 1.32. The lowest BCUT2D eigenvalue weighted by atomic mass is 9.94. The summed E-state index contributed by atoms with van der Waals surface area (Å²) in [5.41, 5.74) is 2.73. The summed E-state index contributed by atoms with van der Waals surface area (Å²) >= 11 is 1.54. The van der Waals surface area contributed by atoms with Crippen LogP contribution in [-0.2, 0) is 36.9 Å². The van der Waals surface area contributed by atoms with E-state index in [1.165, 1.54) is 4.90 Å². The quantitative estimate of drug-likeness (QED) is 0.421. The molecular formula is C28H30N2O6S. The summed E-state index contributed by atoms with van der Waals surface area (Å²) in [4.78, 5) is 40.8. The Morgan fingerprint density at radius 3 is 2.54 bits per heavy atom. The van der Waals surface area contributed by atoms with E-state index in [9.17, 15) is 14.4 Å². The molecule has 2 fully saturated rings. The third-order valence-corrected chi connectivity index (χ3v) is 8.28. The lowest BCUT2D eigenvalue weighted by Gasteiger charge is -2.50. The standard InChI is InChI=1S/C28H30N2O6S/c1-17-12-13-35-25(17)21-16-37-27-23(29-22(31)14-18-6-4-3-5-7-18)26(32)30(27)24(21)28(33)36-15-19-8-10-20(34-2)11-9-19/h3-11,17,23,25,27H,12-16H2,1-2H3,(H,29,31)/t17?,23-,25?,27-/m1/s1. The number of thioether (sulfide) groups is 1. The Morgan fingerprint density at radius 1 is 1.11 bits per heavy atom. The third-order valence-electron chi connectivity index (χ3n) is 6.97. The smallest absolute Gasteiger partial charge is 0.355 e. The number of carbonyl (C=O) groups is 3. The van der Waals surface area contributed by atoms with Crippen molar-refractivity contribution in [2.45, 2.75) is 43.9 Å². The van der Waals surface area contributed by atoms with Gasteiger partial charge in [-0.2, -0.15) is 0 Å². The zero-order chi connectivity index (χ0) is 25.9. The summed E-state index contributed by atoms with van der Waals surface area (Å²) in [6, 6.07) is 16.0. The lowest BCUT2D eigenvalue weighted by molar-refractivity contribution is -0.153. The number of nitrogens with one attached hydrogen (secondary N) is 1. The molecule has 2 unspecified atom stereocenters. The first-order chi connectivity index (χ1) is 18.0. The van der Waals surface area contributed by atoms with Gasteiger partial charge in [0.25, 0.3) is 5.91 Å². The molecule has 3 aliphatic rings. The minimum Gasteiger partial charge on any atom is -0.497 e. The van der Waals surface area contributed by atoms with Crippen LogP contribution in [0.15, 0.2) is 65.9 Å². The van der Waals surface area contributed by atoms with Crippen molar-refractivity contribution in [1.29, 1.82) is 0 Å². The van der Waals surface area contributed by atoms with E-state index in [0.29, 0.717) is 18.1 Å². The van der Waals surface area contributed by atoms with Crippen LogP contribution in [0.2, 0.25) is 0 Å². The van der Waals surface area contributed by atoms with Gasteiger partial charge in [-0.1, -0.05) is 49.4 Å². The number of ether oxygens (including phenoxy) is 3. The molecule has 1 N–H and O–H groups in total. The molecule has 5 rings (SSSR count). The van der Waals surface area contributed by atoms with Crippen LogP contribution >= 0.6 is 11.8 Å². The monoisotopic (exact) mass is 522 g/mol. The van der Waals surface area contributed by atoms with E-state index < -0.39 is 12.0 Å². The van der Waals surface area contributed by atoms with Crippen LogP contribution in [0.1, 0.15) is 24.5 Å². The van der Waals surface area contributed by atoms with Crippen molar-refractivity contribution in [3.05, 3.63) is 77.0 Å². The molecule has 3 heterocycles. The van der Waals surface area contributed by atoms with E-state index in [-0.39, 0.29) is 47.9 Å². The first-order valence-corrected chi connectivity index (χ1v) is 13.4. The Kier molecular flexibility index (Phi) is 7.53. The first kappa shape index (κ1) is 25.4. The van der Waals surface area contributed by atoms with Gasteiger partial charge < -0.3 is 19.5 Å². The molecule has 2 aromatic rings. The van der Waals surface area contributed by atoms with Crippen molar-refractivity contribution in [1.82, 2.24) is 10.2 Å². The molecule has 0 saturated carbocycles. The number of methoxy groups -OCH3 is 1. The van der Waals surface area contributed by atoms with Crippen LogP contribution in [0.3, 0.4) is 0 Å². The molecular weight excluding hydrogens is 492 g/mol. The number of benzene rings is 2. The number of carbonyl (C=O) groups excluding carboxylic acids is 3. The van der Waals surface area contributed by atoms with E-state index in [1.807, 2.05) is 42.5 Å². The molecule has 0 bridgehead atoms. The van der Waals surface area contributed by atoms with Crippen LogP contribution < -0.4 is 10.1 Å². The lowest BCUT2D eigenvalue weighted by Crippen LogP contribution is -2.71. The summed E-state index contributed by atoms with van der Waals surface area (Å²) in [5.74, 6) is 0.386. The van der Waals surface area contributed by atoms with Gasteiger partial charge in [-0.05, 0) is 41.2 Å². The molecule has 0 spiro atoms. The Hall–Kier alpha value is -3.30. The fourth-order valence-corrected chi connectivity index (χ4v) is 6.32. The number of esters is 1. The van der Waals surface area contributed by atoms with Crippen molar-refractivity contribution in [2.75, 3.05) is 19.5 Å². The van der Waals surface area contributed by atoms with Crippen molar-refractivity contribution in [3.8, 4) is 5.75 Å². The highest BCUT2D eigenvalue weighted by atomic mass is 32.2. The Morgan fingerprint density at radius 2 is 1.86 bits per heavy atom. The van der Waals surface area contributed by atoms with Gasteiger partial charge in [0.2, 0.25) is 5.91 Å². The first-order valence-electron chi connectivity index (χ1n) is 12.4. The van der Waals surface area contributed by atoms with Crippen LogP contribution in [0.4, 0.5) is 0 Å². The van der Waals surface area contributed by atoms with Gasteiger partial charge in [0.15, 0.2) is 0 Å². The number of β-lactam (4-membered cyclic amide) rings is 1.